The zero-order chi connectivity index (χ0) is 15.2. The molecule has 116 valence electrons. The standard InChI is InChI=1S/C17H26N2O2/c1-12-8-13(2)17(14(3)9-12)21-11-16(20)19-7-5-15-4-6-18-10-15/h8-9,15,18H,4-7,10-11H2,1-3H3,(H,19,20). The van der Waals surface area contributed by atoms with Gasteiger partial charge in [0.1, 0.15) is 5.75 Å². The highest BCUT2D eigenvalue weighted by molar-refractivity contribution is 5.77. The molecule has 4 nitrogen and oxygen atoms in total. The number of nitrogens with one attached hydrogen (secondary N) is 2. The first-order valence-corrected chi connectivity index (χ1v) is 7.74. The molecule has 0 radical (unpaired) electrons. The predicted octanol–water partition coefficient (Wildman–Crippen LogP) is 2.11. The summed E-state index contributed by atoms with van der Waals surface area (Å²) in [6.07, 6.45) is 2.26. The van der Waals surface area contributed by atoms with Crippen molar-refractivity contribution in [1.29, 1.82) is 0 Å². The molecule has 0 saturated carbocycles. The van der Waals surface area contributed by atoms with Crippen molar-refractivity contribution >= 4 is 5.91 Å². The quantitative estimate of drug-likeness (QED) is 0.843. The smallest absolute Gasteiger partial charge is 0.257 e. The normalized spacial score (nSPS) is 17.8. The van der Waals surface area contributed by atoms with E-state index in [-0.39, 0.29) is 12.5 Å². The molecular formula is C17H26N2O2. The van der Waals surface area contributed by atoms with E-state index >= 15 is 0 Å². The fourth-order valence-corrected chi connectivity index (χ4v) is 2.96. The van der Waals surface area contributed by atoms with Gasteiger partial charge in [0.2, 0.25) is 0 Å². The van der Waals surface area contributed by atoms with E-state index in [1.807, 2.05) is 13.8 Å². The van der Waals surface area contributed by atoms with Gasteiger partial charge >= 0.3 is 0 Å². The first kappa shape index (κ1) is 15.8. The Morgan fingerprint density at radius 2 is 2.05 bits per heavy atom. The SMILES string of the molecule is Cc1cc(C)c(OCC(=O)NCCC2CCNC2)c(C)c1. The topological polar surface area (TPSA) is 50.4 Å². The van der Waals surface area contributed by atoms with Gasteiger partial charge < -0.3 is 15.4 Å². The molecule has 2 N–H and O–H groups in total. The van der Waals surface area contributed by atoms with Crippen LogP contribution >= 0.6 is 0 Å². The van der Waals surface area contributed by atoms with E-state index < -0.39 is 0 Å². The second kappa shape index (κ2) is 7.46. The molecule has 1 heterocycles. The molecule has 1 unspecified atom stereocenters. The number of rotatable bonds is 6. The summed E-state index contributed by atoms with van der Waals surface area (Å²) in [7, 11) is 0. The second-order valence-corrected chi connectivity index (χ2v) is 6.01. The molecule has 1 fully saturated rings. The molecule has 0 aromatic heterocycles. The van der Waals surface area contributed by atoms with Crippen molar-refractivity contribution in [3.8, 4) is 5.75 Å². The minimum atomic E-state index is -0.0414. The van der Waals surface area contributed by atoms with Gasteiger partial charge in [0.05, 0.1) is 0 Å². The Hall–Kier alpha value is -1.55. The molecule has 1 aliphatic heterocycles. The van der Waals surface area contributed by atoms with Gasteiger partial charge in [0, 0.05) is 6.54 Å². The van der Waals surface area contributed by atoms with Gasteiger partial charge in [-0.1, -0.05) is 17.7 Å². The van der Waals surface area contributed by atoms with E-state index in [0.717, 1.165) is 42.9 Å². The summed E-state index contributed by atoms with van der Waals surface area (Å²) in [6.45, 7) is 9.10. The summed E-state index contributed by atoms with van der Waals surface area (Å²) in [6, 6.07) is 4.15. The number of carbonyl (C=O) groups is 1. The van der Waals surface area contributed by atoms with Crippen LogP contribution in [0.15, 0.2) is 12.1 Å². The van der Waals surface area contributed by atoms with Crippen molar-refractivity contribution in [3.63, 3.8) is 0 Å². The minimum Gasteiger partial charge on any atom is -0.483 e. The molecular weight excluding hydrogens is 264 g/mol. The summed E-state index contributed by atoms with van der Waals surface area (Å²) in [4.78, 5) is 11.8. The van der Waals surface area contributed by atoms with Crippen LogP contribution in [0.25, 0.3) is 0 Å². The molecule has 21 heavy (non-hydrogen) atoms. The van der Waals surface area contributed by atoms with Crippen molar-refractivity contribution in [2.75, 3.05) is 26.2 Å². The maximum absolute atomic E-state index is 11.8. The lowest BCUT2D eigenvalue weighted by Crippen LogP contribution is -2.31. The Bertz CT molecular complexity index is 471. The Labute approximate surface area is 127 Å². The van der Waals surface area contributed by atoms with Crippen LogP contribution in [0.1, 0.15) is 29.5 Å². The molecule has 1 atom stereocenters. The first-order valence-electron chi connectivity index (χ1n) is 7.74. The Kier molecular flexibility index (Phi) is 5.62. The van der Waals surface area contributed by atoms with E-state index in [2.05, 4.69) is 29.7 Å². The highest BCUT2D eigenvalue weighted by Crippen LogP contribution is 2.24. The third-order valence-corrected chi connectivity index (χ3v) is 3.99. The van der Waals surface area contributed by atoms with Crippen LogP contribution in [0.3, 0.4) is 0 Å². The molecule has 2 rings (SSSR count). The van der Waals surface area contributed by atoms with E-state index in [1.165, 1.54) is 12.0 Å². The van der Waals surface area contributed by atoms with Crippen molar-refractivity contribution in [2.24, 2.45) is 5.92 Å². The number of ether oxygens (including phenoxy) is 1. The van der Waals surface area contributed by atoms with E-state index in [4.69, 9.17) is 4.74 Å². The van der Waals surface area contributed by atoms with E-state index in [0.29, 0.717) is 5.92 Å². The van der Waals surface area contributed by atoms with Crippen LogP contribution in [-0.4, -0.2) is 32.1 Å². The Morgan fingerprint density at radius 1 is 1.33 bits per heavy atom. The zero-order valence-electron chi connectivity index (χ0n) is 13.3. The van der Waals surface area contributed by atoms with E-state index in [9.17, 15) is 4.79 Å². The average Bonchev–Trinajstić information content (AvgIpc) is 2.90. The zero-order valence-corrected chi connectivity index (χ0v) is 13.3. The lowest BCUT2D eigenvalue weighted by atomic mass is 10.1. The summed E-state index contributed by atoms with van der Waals surface area (Å²) < 4.78 is 5.68. The minimum absolute atomic E-state index is 0.0414. The maximum Gasteiger partial charge on any atom is 0.257 e. The van der Waals surface area contributed by atoms with Crippen LogP contribution in [0.2, 0.25) is 0 Å². The van der Waals surface area contributed by atoms with Gasteiger partial charge in [-0.3, -0.25) is 4.79 Å². The highest BCUT2D eigenvalue weighted by Gasteiger charge is 2.14. The number of hydrogen-bond donors (Lipinski definition) is 2. The second-order valence-electron chi connectivity index (χ2n) is 6.01. The monoisotopic (exact) mass is 290 g/mol. The fourth-order valence-electron chi connectivity index (χ4n) is 2.96. The third kappa shape index (κ3) is 4.74. The summed E-state index contributed by atoms with van der Waals surface area (Å²) in [5.74, 6) is 1.49. The van der Waals surface area contributed by atoms with Crippen molar-refractivity contribution < 1.29 is 9.53 Å². The first-order chi connectivity index (χ1) is 10.1. The van der Waals surface area contributed by atoms with Crippen LogP contribution in [0.4, 0.5) is 0 Å². The van der Waals surface area contributed by atoms with Crippen LogP contribution in [0.5, 0.6) is 5.75 Å². The number of carbonyl (C=O) groups excluding carboxylic acids is 1. The van der Waals surface area contributed by atoms with Crippen LogP contribution in [0, 0.1) is 26.7 Å². The predicted molar refractivity (Wildman–Crippen MR) is 84.8 cm³/mol. The maximum atomic E-state index is 11.8. The number of benzene rings is 1. The van der Waals surface area contributed by atoms with Gasteiger partial charge in [-0.05, 0) is 63.7 Å². The van der Waals surface area contributed by atoms with Crippen LogP contribution < -0.4 is 15.4 Å². The highest BCUT2D eigenvalue weighted by atomic mass is 16.5. The molecule has 4 heteroatoms. The lowest BCUT2D eigenvalue weighted by molar-refractivity contribution is -0.123. The number of hydrogen-bond acceptors (Lipinski definition) is 3. The molecule has 0 aliphatic carbocycles. The van der Waals surface area contributed by atoms with Gasteiger partial charge in [0.25, 0.3) is 5.91 Å². The van der Waals surface area contributed by atoms with Crippen molar-refractivity contribution in [2.45, 2.75) is 33.6 Å². The third-order valence-electron chi connectivity index (χ3n) is 3.99. The molecule has 1 saturated heterocycles. The van der Waals surface area contributed by atoms with Gasteiger partial charge in [-0.25, -0.2) is 0 Å². The number of amides is 1. The van der Waals surface area contributed by atoms with Crippen molar-refractivity contribution in [3.05, 3.63) is 28.8 Å². The average molecular weight is 290 g/mol. The Morgan fingerprint density at radius 3 is 2.67 bits per heavy atom. The van der Waals surface area contributed by atoms with Gasteiger partial charge in [-0.15, -0.1) is 0 Å². The molecule has 1 amide bonds. The largest absolute Gasteiger partial charge is 0.483 e. The van der Waals surface area contributed by atoms with Gasteiger partial charge in [0.15, 0.2) is 6.61 Å². The molecule has 1 aromatic rings. The molecule has 0 bridgehead atoms. The molecule has 0 spiro atoms. The fraction of sp³-hybridized carbons (Fsp3) is 0.588. The van der Waals surface area contributed by atoms with Crippen molar-refractivity contribution in [1.82, 2.24) is 10.6 Å². The Balaban J connectivity index is 1.73. The summed E-state index contributed by atoms with van der Waals surface area (Å²) >= 11 is 0. The molecule has 1 aliphatic rings. The van der Waals surface area contributed by atoms with E-state index in [1.54, 1.807) is 0 Å². The van der Waals surface area contributed by atoms with Gasteiger partial charge in [-0.2, -0.15) is 0 Å². The number of aryl methyl sites for hydroxylation is 3. The lowest BCUT2D eigenvalue weighted by Gasteiger charge is -2.13. The summed E-state index contributed by atoms with van der Waals surface area (Å²) in [5.41, 5.74) is 3.38. The molecule has 1 aromatic carbocycles. The summed E-state index contributed by atoms with van der Waals surface area (Å²) in [5, 5.41) is 6.28. The van der Waals surface area contributed by atoms with Crippen LogP contribution in [-0.2, 0) is 4.79 Å².